The molecule has 2 nitrogen and oxygen atoms in total. The number of benzene rings is 1. The van der Waals surface area contributed by atoms with Gasteiger partial charge in [-0.15, -0.1) is 0 Å². The summed E-state index contributed by atoms with van der Waals surface area (Å²) in [4.78, 5) is 0. The SMILES string of the molecule is CCC1CC(Nc2cc(C)cc(Br)c2)CCO1. The molecule has 1 aliphatic heterocycles. The van der Waals surface area contributed by atoms with Gasteiger partial charge in [-0.05, 0) is 49.9 Å². The largest absolute Gasteiger partial charge is 0.382 e. The van der Waals surface area contributed by atoms with Crippen LogP contribution in [0.4, 0.5) is 5.69 Å². The highest BCUT2D eigenvalue weighted by Gasteiger charge is 2.21. The highest BCUT2D eigenvalue weighted by Crippen LogP contribution is 2.23. The van der Waals surface area contributed by atoms with E-state index in [9.17, 15) is 0 Å². The third-order valence-corrected chi connectivity index (χ3v) is 3.69. The minimum Gasteiger partial charge on any atom is -0.382 e. The summed E-state index contributed by atoms with van der Waals surface area (Å²) in [6.07, 6.45) is 3.74. The normalized spacial score (nSPS) is 24.6. The number of anilines is 1. The Morgan fingerprint density at radius 2 is 2.24 bits per heavy atom. The van der Waals surface area contributed by atoms with E-state index in [0.717, 1.165) is 30.3 Å². The number of nitrogens with one attached hydrogen (secondary N) is 1. The Labute approximate surface area is 112 Å². The molecule has 2 atom stereocenters. The van der Waals surface area contributed by atoms with E-state index >= 15 is 0 Å². The number of aryl methyl sites for hydroxylation is 1. The summed E-state index contributed by atoms with van der Waals surface area (Å²) < 4.78 is 6.83. The van der Waals surface area contributed by atoms with Crippen LogP contribution in [0, 0.1) is 6.92 Å². The van der Waals surface area contributed by atoms with Crippen LogP contribution in [0.25, 0.3) is 0 Å². The summed E-state index contributed by atoms with van der Waals surface area (Å²) in [5.41, 5.74) is 2.49. The summed E-state index contributed by atoms with van der Waals surface area (Å²) in [5.74, 6) is 0. The van der Waals surface area contributed by atoms with E-state index in [4.69, 9.17) is 4.74 Å². The van der Waals surface area contributed by atoms with Crippen molar-refractivity contribution in [3.8, 4) is 0 Å². The number of ether oxygens (including phenoxy) is 1. The molecule has 0 aliphatic carbocycles. The van der Waals surface area contributed by atoms with Crippen molar-refractivity contribution < 1.29 is 4.74 Å². The van der Waals surface area contributed by atoms with Gasteiger partial charge in [0.25, 0.3) is 0 Å². The van der Waals surface area contributed by atoms with Crippen LogP contribution in [-0.4, -0.2) is 18.8 Å². The molecule has 94 valence electrons. The highest BCUT2D eigenvalue weighted by atomic mass is 79.9. The van der Waals surface area contributed by atoms with Crippen molar-refractivity contribution in [3.63, 3.8) is 0 Å². The molecule has 0 spiro atoms. The minimum absolute atomic E-state index is 0.425. The van der Waals surface area contributed by atoms with Gasteiger partial charge in [-0.3, -0.25) is 0 Å². The maximum absolute atomic E-state index is 5.69. The van der Waals surface area contributed by atoms with Gasteiger partial charge in [0.2, 0.25) is 0 Å². The third kappa shape index (κ3) is 3.71. The van der Waals surface area contributed by atoms with E-state index < -0.39 is 0 Å². The van der Waals surface area contributed by atoms with Crippen LogP contribution in [0.2, 0.25) is 0 Å². The second kappa shape index (κ2) is 5.87. The first-order chi connectivity index (χ1) is 8.17. The van der Waals surface area contributed by atoms with Crippen molar-refractivity contribution in [2.45, 2.75) is 45.3 Å². The van der Waals surface area contributed by atoms with Crippen molar-refractivity contribution in [2.24, 2.45) is 0 Å². The first-order valence-corrected chi connectivity index (χ1v) is 7.12. The second-order valence-electron chi connectivity index (χ2n) is 4.78. The molecule has 3 heteroatoms. The quantitative estimate of drug-likeness (QED) is 0.906. The first-order valence-electron chi connectivity index (χ1n) is 6.32. The van der Waals surface area contributed by atoms with Crippen molar-refractivity contribution in [2.75, 3.05) is 11.9 Å². The van der Waals surface area contributed by atoms with Crippen LogP contribution >= 0.6 is 15.9 Å². The van der Waals surface area contributed by atoms with E-state index in [-0.39, 0.29) is 0 Å². The van der Waals surface area contributed by atoms with Crippen LogP contribution in [0.1, 0.15) is 31.7 Å². The van der Waals surface area contributed by atoms with Crippen LogP contribution in [0.3, 0.4) is 0 Å². The molecule has 1 N–H and O–H groups in total. The van der Waals surface area contributed by atoms with Gasteiger partial charge in [0.05, 0.1) is 6.10 Å². The van der Waals surface area contributed by atoms with Crippen molar-refractivity contribution >= 4 is 21.6 Å². The van der Waals surface area contributed by atoms with Gasteiger partial charge in [0.1, 0.15) is 0 Å². The fourth-order valence-electron chi connectivity index (χ4n) is 2.35. The van der Waals surface area contributed by atoms with E-state index in [1.54, 1.807) is 0 Å². The Balaban J connectivity index is 2.00. The molecule has 1 aliphatic rings. The molecular weight excluding hydrogens is 278 g/mol. The zero-order valence-electron chi connectivity index (χ0n) is 10.5. The molecule has 1 saturated heterocycles. The number of hydrogen-bond donors (Lipinski definition) is 1. The van der Waals surface area contributed by atoms with Crippen molar-refractivity contribution in [1.82, 2.24) is 0 Å². The molecule has 0 radical (unpaired) electrons. The van der Waals surface area contributed by atoms with E-state index in [1.165, 1.54) is 11.3 Å². The van der Waals surface area contributed by atoms with E-state index in [1.807, 2.05) is 0 Å². The molecule has 17 heavy (non-hydrogen) atoms. The van der Waals surface area contributed by atoms with Gasteiger partial charge in [0, 0.05) is 22.8 Å². The fourth-order valence-corrected chi connectivity index (χ4v) is 2.96. The second-order valence-corrected chi connectivity index (χ2v) is 5.70. The Hall–Kier alpha value is -0.540. The van der Waals surface area contributed by atoms with Gasteiger partial charge >= 0.3 is 0 Å². The van der Waals surface area contributed by atoms with Crippen LogP contribution in [0.15, 0.2) is 22.7 Å². The molecule has 0 aromatic heterocycles. The predicted octanol–water partition coefficient (Wildman–Crippen LogP) is 4.13. The zero-order chi connectivity index (χ0) is 12.3. The number of hydrogen-bond acceptors (Lipinski definition) is 2. The van der Waals surface area contributed by atoms with E-state index in [2.05, 4.69) is 53.3 Å². The molecular formula is C14H20BrNO. The number of halogens is 1. The third-order valence-electron chi connectivity index (χ3n) is 3.24. The van der Waals surface area contributed by atoms with Crippen molar-refractivity contribution in [1.29, 1.82) is 0 Å². The lowest BCUT2D eigenvalue weighted by Crippen LogP contribution is -2.33. The van der Waals surface area contributed by atoms with Crippen LogP contribution < -0.4 is 5.32 Å². The summed E-state index contributed by atoms with van der Waals surface area (Å²) in [6, 6.07) is 7.01. The lowest BCUT2D eigenvalue weighted by molar-refractivity contribution is 0.00926. The summed E-state index contributed by atoms with van der Waals surface area (Å²) >= 11 is 3.54. The van der Waals surface area contributed by atoms with Gasteiger partial charge in [0.15, 0.2) is 0 Å². The number of rotatable bonds is 3. The molecule has 1 aromatic carbocycles. The molecule has 1 heterocycles. The minimum atomic E-state index is 0.425. The standard InChI is InChI=1S/C14H20BrNO/c1-3-14-9-12(4-5-17-14)16-13-7-10(2)6-11(15)8-13/h6-8,12,14,16H,3-5,9H2,1-2H3. The lowest BCUT2D eigenvalue weighted by atomic mass is 10.0. The van der Waals surface area contributed by atoms with Gasteiger partial charge in [-0.2, -0.15) is 0 Å². The fraction of sp³-hybridized carbons (Fsp3) is 0.571. The molecule has 0 bridgehead atoms. The highest BCUT2D eigenvalue weighted by molar-refractivity contribution is 9.10. The molecule has 2 unspecified atom stereocenters. The lowest BCUT2D eigenvalue weighted by Gasteiger charge is -2.30. The zero-order valence-corrected chi connectivity index (χ0v) is 12.1. The van der Waals surface area contributed by atoms with Gasteiger partial charge in [-0.25, -0.2) is 0 Å². The van der Waals surface area contributed by atoms with Crippen LogP contribution in [0.5, 0.6) is 0 Å². The topological polar surface area (TPSA) is 21.3 Å². The average molecular weight is 298 g/mol. The Kier molecular flexibility index (Phi) is 4.46. The summed E-state index contributed by atoms with van der Waals surface area (Å²) in [7, 11) is 0. The smallest absolute Gasteiger partial charge is 0.0592 e. The molecule has 2 rings (SSSR count). The van der Waals surface area contributed by atoms with Gasteiger partial charge < -0.3 is 10.1 Å². The molecule has 1 fully saturated rings. The average Bonchev–Trinajstić information content (AvgIpc) is 2.28. The maximum Gasteiger partial charge on any atom is 0.0592 e. The Morgan fingerprint density at radius 1 is 1.41 bits per heavy atom. The molecule has 0 saturated carbocycles. The van der Waals surface area contributed by atoms with E-state index in [0.29, 0.717) is 12.1 Å². The maximum atomic E-state index is 5.69. The van der Waals surface area contributed by atoms with Crippen molar-refractivity contribution in [3.05, 3.63) is 28.2 Å². The molecule has 1 aromatic rings. The Bertz CT molecular complexity index is 360. The first kappa shape index (κ1) is 12.9. The van der Waals surface area contributed by atoms with Crippen LogP contribution in [-0.2, 0) is 4.74 Å². The predicted molar refractivity (Wildman–Crippen MR) is 75.6 cm³/mol. The summed E-state index contributed by atoms with van der Waals surface area (Å²) in [5, 5.41) is 3.62. The monoisotopic (exact) mass is 297 g/mol. The summed E-state index contributed by atoms with van der Waals surface area (Å²) in [6.45, 7) is 5.19. The Morgan fingerprint density at radius 3 is 2.94 bits per heavy atom. The van der Waals surface area contributed by atoms with Gasteiger partial charge in [-0.1, -0.05) is 22.9 Å². The molecule has 0 amide bonds.